The molecule has 0 heterocycles. The zero-order chi connectivity index (χ0) is 15.1. The predicted molar refractivity (Wildman–Crippen MR) is 87.5 cm³/mol. The van der Waals surface area contributed by atoms with Crippen LogP contribution in [-0.2, 0) is 6.54 Å². The summed E-state index contributed by atoms with van der Waals surface area (Å²) in [4.78, 5) is 0. The van der Waals surface area contributed by atoms with Crippen molar-refractivity contribution in [2.75, 3.05) is 14.2 Å². The zero-order valence-corrected chi connectivity index (χ0v) is 13.8. The van der Waals surface area contributed by atoms with Crippen LogP contribution in [-0.4, -0.2) is 20.3 Å². The highest BCUT2D eigenvalue weighted by Gasteiger charge is 2.15. The van der Waals surface area contributed by atoms with Gasteiger partial charge in [0.25, 0.3) is 0 Å². The lowest BCUT2D eigenvalue weighted by Gasteiger charge is -2.22. The van der Waals surface area contributed by atoms with Gasteiger partial charge in [-0.3, -0.25) is 0 Å². The molecular formula is C17H26ClNO2. The van der Waals surface area contributed by atoms with E-state index in [4.69, 9.17) is 21.1 Å². The minimum absolute atomic E-state index is 0.597. The van der Waals surface area contributed by atoms with Gasteiger partial charge in [0.15, 0.2) is 11.5 Å². The Balaban J connectivity index is 2.02. The molecule has 1 saturated carbocycles. The fourth-order valence-electron chi connectivity index (χ4n) is 3.05. The maximum atomic E-state index is 6.16. The Morgan fingerprint density at radius 3 is 2.33 bits per heavy atom. The fourth-order valence-corrected chi connectivity index (χ4v) is 3.28. The fraction of sp³-hybridized carbons (Fsp3) is 0.647. The molecule has 0 spiro atoms. The Labute approximate surface area is 133 Å². The highest BCUT2D eigenvalue weighted by Crippen LogP contribution is 2.34. The van der Waals surface area contributed by atoms with Crippen LogP contribution < -0.4 is 14.8 Å². The first-order valence-corrected chi connectivity index (χ1v) is 8.26. The molecule has 0 amide bonds. The average molecular weight is 312 g/mol. The topological polar surface area (TPSA) is 30.5 Å². The summed E-state index contributed by atoms with van der Waals surface area (Å²) in [6.07, 6.45) is 9.31. The molecule has 0 atom stereocenters. The van der Waals surface area contributed by atoms with E-state index in [0.717, 1.165) is 17.9 Å². The number of hydrogen-bond donors (Lipinski definition) is 1. The van der Waals surface area contributed by atoms with Crippen molar-refractivity contribution in [2.45, 2.75) is 57.5 Å². The van der Waals surface area contributed by atoms with Gasteiger partial charge in [-0.15, -0.1) is 0 Å². The van der Waals surface area contributed by atoms with Crippen molar-refractivity contribution >= 4 is 11.6 Å². The number of nitrogens with one attached hydrogen (secondary N) is 1. The number of benzene rings is 1. The van der Waals surface area contributed by atoms with Crippen molar-refractivity contribution in [1.29, 1.82) is 0 Å². The molecule has 4 heteroatoms. The van der Waals surface area contributed by atoms with E-state index in [1.165, 1.54) is 44.9 Å². The highest BCUT2D eigenvalue weighted by atomic mass is 35.5. The SMILES string of the molecule is COc1cc(Cl)cc(CNC2CCCCCCC2)c1OC. The third-order valence-corrected chi connectivity index (χ3v) is 4.43. The van der Waals surface area contributed by atoms with E-state index in [1.54, 1.807) is 20.3 Å². The Kier molecular flexibility index (Phi) is 6.65. The van der Waals surface area contributed by atoms with E-state index >= 15 is 0 Å². The summed E-state index contributed by atoms with van der Waals surface area (Å²) in [6.45, 7) is 0.769. The van der Waals surface area contributed by atoms with Crippen molar-refractivity contribution in [3.8, 4) is 11.5 Å². The molecule has 3 nitrogen and oxygen atoms in total. The monoisotopic (exact) mass is 311 g/mol. The minimum Gasteiger partial charge on any atom is -0.493 e. The molecule has 1 aliphatic rings. The van der Waals surface area contributed by atoms with Crippen LogP contribution in [0.3, 0.4) is 0 Å². The number of hydrogen-bond acceptors (Lipinski definition) is 3. The Bertz CT molecular complexity index is 443. The molecular weight excluding hydrogens is 286 g/mol. The molecule has 1 aromatic carbocycles. The molecule has 0 unspecified atom stereocenters. The molecule has 0 aromatic heterocycles. The summed E-state index contributed by atoms with van der Waals surface area (Å²) in [7, 11) is 3.31. The van der Waals surface area contributed by atoms with Gasteiger partial charge >= 0.3 is 0 Å². The van der Waals surface area contributed by atoms with Gasteiger partial charge in [0.2, 0.25) is 0 Å². The number of ether oxygens (including phenoxy) is 2. The Morgan fingerprint density at radius 2 is 1.71 bits per heavy atom. The summed E-state index contributed by atoms with van der Waals surface area (Å²) in [5, 5.41) is 4.35. The third-order valence-electron chi connectivity index (χ3n) is 4.21. The van der Waals surface area contributed by atoms with Crippen LogP contribution in [0.2, 0.25) is 5.02 Å². The predicted octanol–water partition coefficient (Wildman–Crippen LogP) is 4.56. The van der Waals surface area contributed by atoms with Crippen LogP contribution >= 0.6 is 11.6 Å². The Hall–Kier alpha value is -0.930. The normalized spacial score (nSPS) is 17.1. The number of rotatable bonds is 5. The second-order valence-electron chi connectivity index (χ2n) is 5.72. The van der Waals surface area contributed by atoms with Crippen molar-refractivity contribution in [3.63, 3.8) is 0 Å². The van der Waals surface area contributed by atoms with Gasteiger partial charge in [-0.1, -0.05) is 43.7 Å². The smallest absolute Gasteiger partial charge is 0.165 e. The highest BCUT2D eigenvalue weighted by molar-refractivity contribution is 6.30. The average Bonchev–Trinajstić information content (AvgIpc) is 2.45. The molecule has 1 N–H and O–H groups in total. The van der Waals surface area contributed by atoms with Crippen LogP contribution in [0.25, 0.3) is 0 Å². The first-order valence-electron chi connectivity index (χ1n) is 7.88. The van der Waals surface area contributed by atoms with E-state index in [-0.39, 0.29) is 0 Å². The first-order chi connectivity index (χ1) is 10.2. The molecule has 0 aliphatic heterocycles. The lowest BCUT2D eigenvalue weighted by atomic mass is 9.96. The lowest BCUT2D eigenvalue weighted by Crippen LogP contribution is -2.29. The zero-order valence-electron chi connectivity index (χ0n) is 13.1. The van der Waals surface area contributed by atoms with Crippen molar-refractivity contribution in [3.05, 3.63) is 22.7 Å². The van der Waals surface area contributed by atoms with E-state index in [9.17, 15) is 0 Å². The summed E-state index contributed by atoms with van der Waals surface area (Å²) in [6, 6.07) is 4.35. The number of methoxy groups -OCH3 is 2. The molecule has 118 valence electrons. The van der Waals surface area contributed by atoms with Crippen LogP contribution in [0.4, 0.5) is 0 Å². The van der Waals surface area contributed by atoms with E-state index in [1.807, 2.05) is 6.07 Å². The first kappa shape index (κ1) is 16.4. The van der Waals surface area contributed by atoms with Crippen LogP contribution in [0.5, 0.6) is 11.5 Å². The summed E-state index contributed by atoms with van der Waals surface area (Å²) in [5.41, 5.74) is 1.06. The molecule has 0 saturated heterocycles. The third kappa shape index (κ3) is 4.79. The Morgan fingerprint density at radius 1 is 1.05 bits per heavy atom. The van der Waals surface area contributed by atoms with Gasteiger partial charge in [-0.2, -0.15) is 0 Å². The van der Waals surface area contributed by atoms with Gasteiger partial charge < -0.3 is 14.8 Å². The van der Waals surface area contributed by atoms with Crippen molar-refractivity contribution in [1.82, 2.24) is 5.32 Å². The molecule has 2 rings (SSSR count). The number of halogens is 1. The van der Waals surface area contributed by atoms with Crippen molar-refractivity contribution < 1.29 is 9.47 Å². The van der Waals surface area contributed by atoms with E-state index in [2.05, 4.69) is 5.32 Å². The summed E-state index contributed by atoms with van der Waals surface area (Å²) >= 11 is 6.16. The van der Waals surface area contributed by atoms with Gasteiger partial charge in [0.1, 0.15) is 0 Å². The van der Waals surface area contributed by atoms with Gasteiger partial charge in [-0.05, 0) is 18.9 Å². The molecule has 0 bridgehead atoms. The summed E-state index contributed by atoms with van der Waals surface area (Å²) in [5.74, 6) is 1.47. The molecule has 1 aromatic rings. The van der Waals surface area contributed by atoms with Gasteiger partial charge in [0, 0.05) is 29.2 Å². The van der Waals surface area contributed by atoms with E-state index in [0.29, 0.717) is 16.8 Å². The van der Waals surface area contributed by atoms with E-state index < -0.39 is 0 Å². The maximum absolute atomic E-state index is 6.16. The maximum Gasteiger partial charge on any atom is 0.165 e. The molecule has 21 heavy (non-hydrogen) atoms. The minimum atomic E-state index is 0.597. The van der Waals surface area contributed by atoms with Gasteiger partial charge in [0.05, 0.1) is 14.2 Å². The van der Waals surface area contributed by atoms with Crippen molar-refractivity contribution in [2.24, 2.45) is 0 Å². The molecule has 0 radical (unpaired) electrons. The van der Waals surface area contributed by atoms with Crippen LogP contribution in [0.15, 0.2) is 12.1 Å². The standard InChI is InChI=1S/C17H26ClNO2/c1-20-16-11-14(18)10-13(17(16)21-2)12-19-15-8-6-4-3-5-7-9-15/h10-11,15,19H,3-9,12H2,1-2H3. The quantitative estimate of drug-likeness (QED) is 0.864. The second kappa shape index (κ2) is 8.50. The molecule has 1 aliphatic carbocycles. The molecule has 1 fully saturated rings. The second-order valence-corrected chi connectivity index (χ2v) is 6.16. The van der Waals surface area contributed by atoms with Crippen LogP contribution in [0.1, 0.15) is 50.5 Å². The lowest BCUT2D eigenvalue weighted by molar-refractivity contribution is 0.346. The largest absolute Gasteiger partial charge is 0.493 e. The van der Waals surface area contributed by atoms with Crippen LogP contribution in [0, 0.1) is 0 Å². The van der Waals surface area contributed by atoms with Gasteiger partial charge in [-0.25, -0.2) is 0 Å². The summed E-state index contributed by atoms with van der Waals surface area (Å²) < 4.78 is 10.8.